The number of nitriles is 1. The maximum absolute atomic E-state index is 12.5. The third-order valence-corrected chi connectivity index (χ3v) is 6.38. The van der Waals surface area contributed by atoms with E-state index in [0.29, 0.717) is 29.6 Å². The molecular formula is C23H30ClFN2O2S. The molecule has 7 heteroatoms. The minimum Gasteiger partial charge on any atom is -0.213 e. The van der Waals surface area contributed by atoms with Crippen molar-refractivity contribution >= 4 is 21.6 Å². The molecule has 1 saturated heterocycles. The maximum atomic E-state index is 12.5. The first-order valence-electron chi connectivity index (χ1n) is 9.84. The van der Waals surface area contributed by atoms with Crippen molar-refractivity contribution in [2.75, 3.05) is 19.3 Å². The standard InChI is InChI=1S/C9H11F.C8H6ClN.C6H13NO2S/c1-3-8-6-9(10)5-4-7(8)2;1-6-2-3-7(5-10)8(9)4-6;1-6-3-4-7(5-6)10(2,8)9/h4-6H,3H2,1-2H3;2-4H,1H3;6H,3-5H2,1-2H3/t;;6-/m..0/s1. The number of hydrogen-bond donors (Lipinski definition) is 0. The molecule has 1 aliphatic rings. The van der Waals surface area contributed by atoms with E-state index in [0.717, 1.165) is 24.0 Å². The van der Waals surface area contributed by atoms with Crippen molar-refractivity contribution in [2.45, 2.75) is 40.5 Å². The molecule has 0 radical (unpaired) electrons. The molecule has 0 saturated carbocycles. The lowest BCUT2D eigenvalue weighted by Gasteiger charge is -2.10. The zero-order valence-corrected chi connectivity index (χ0v) is 19.8. The van der Waals surface area contributed by atoms with Gasteiger partial charge in [0, 0.05) is 13.1 Å². The normalized spacial score (nSPS) is 16.0. The van der Waals surface area contributed by atoms with Gasteiger partial charge >= 0.3 is 0 Å². The van der Waals surface area contributed by atoms with Crippen LogP contribution in [0.15, 0.2) is 36.4 Å². The van der Waals surface area contributed by atoms with E-state index in [-0.39, 0.29) is 5.82 Å². The second kappa shape index (κ2) is 12.0. The van der Waals surface area contributed by atoms with Gasteiger partial charge in [-0.1, -0.05) is 37.6 Å². The highest BCUT2D eigenvalue weighted by Gasteiger charge is 2.25. The van der Waals surface area contributed by atoms with Gasteiger partial charge in [0.1, 0.15) is 11.9 Å². The lowest BCUT2D eigenvalue weighted by atomic mass is 10.1. The summed E-state index contributed by atoms with van der Waals surface area (Å²) in [6.07, 6.45) is 3.18. The van der Waals surface area contributed by atoms with Crippen LogP contribution in [0.2, 0.25) is 5.02 Å². The first-order chi connectivity index (χ1) is 14.0. The first-order valence-corrected chi connectivity index (χ1v) is 12.1. The molecule has 3 rings (SSSR count). The summed E-state index contributed by atoms with van der Waals surface area (Å²) < 4.78 is 35.9. The number of aryl methyl sites for hydroxylation is 3. The van der Waals surface area contributed by atoms with Crippen molar-refractivity contribution in [1.82, 2.24) is 4.31 Å². The summed E-state index contributed by atoms with van der Waals surface area (Å²) in [7, 11) is -2.90. The van der Waals surface area contributed by atoms with Crippen LogP contribution >= 0.6 is 11.6 Å². The van der Waals surface area contributed by atoms with Gasteiger partial charge in [-0.15, -0.1) is 0 Å². The second-order valence-corrected chi connectivity index (χ2v) is 9.92. The molecule has 1 aliphatic heterocycles. The molecule has 30 heavy (non-hydrogen) atoms. The van der Waals surface area contributed by atoms with Crippen LogP contribution in [0.3, 0.4) is 0 Å². The largest absolute Gasteiger partial charge is 0.213 e. The van der Waals surface area contributed by atoms with Gasteiger partial charge in [-0.2, -0.15) is 5.26 Å². The van der Waals surface area contributed by atoms with Crippen molar-refractivity contribution in [1.29, 1.82) is 5.26 Å². The zero-order valence-electron chi connectivity index (χ0n) is 18.2. The molecule has 0 aromatic heterocycles. The number of sulfonamides is 1. The Balaban J connectivity index is 0.000000225. The van der Waals surface area contributed by atoms with Gasteiger partial charge in [-0.05, 0) is 73.6 Å². The summed E-state index contributed by atoms with van der Waals surface area (Å²) in [5.74, 6) is 0.400. The fourth-order valence-electron chi connectivity index (χ4n) is 2.93. The van der Waals surface area contributed by atoms with E-state index in [1.54, 1.807) is 18.2 Å². The van der Waals surface area contributed by atoms with Gasteiger partial charge in [-0.3, -0.25) is 0 Å². The average molecular weight is 453 g/mol. The van der Waals surface area contributed by atoms with Gasteiger partial charge in [0.05, 0.1) is 16.8 Å². The molecule has 0 N–H and O–H groups in total. The Morgan fingerprint density at radius 1 is 1.23 bits per heavy atom. The number of rotatable bonds is 2. The van der Waals surface area contributed by atoms with Crippen molar-refractivity contribution in [3.05, 3.63) is 69.5 Å². The second-order valence-electron chi connectivity index (χ2n) is 7.53. The summed E-state index contributed by atoms with van der Waals surface area (Å²) >= 11 is 5.71. The molecule has 0 unspecified atom stereocenters. The van der Waals surface area contributed by atoms with E-state index in [1.807, 2.05) is 39.0 Å². The van der Waals surface area contributed by atoms with E-state index >= 15 is 0 Å². The molecule has 0 bridgehead atoms. The highest BCUT2D eigenvalue weighted by Crippen LogP contribution is 2.17. The monoisotopic (exact) mass is 452 g/mol. The topological polar surface area (TPSA) is 61.2 Å². The van der Waals surface area contributed by atoms with Gasteiger partial charge in [0.2, 0.25) is 10.0 Å². The average Bonchev–Trinajstić information content (AvgIpc) is 3.12. The number of nitrogens with zero attached hydrogens (tertiary/aromatic N) is 2. The van der Waals surface area contributed by atoms with Crippen molar-refractivity contribution in [3.63, 3.8) is 0 Å². The minimum absolute atomic E-state index is 0.137. The fourth-order valence-corrected chi connectivity index (χ4v) is 4.17. The van der Waals surface area contributed by atoms with Crippen LogP contribution < -0.4 is 0 Å². The predicted octanol–water partition coefficient (Wildman–Crippen LogP) is 5.50. The SMILES string of the molecule is CCc1cc(F)ccc1C.C[C@H]1CCN(S(C)(=O)=O)C1.Cc1ccc(C#N)c(Cl)c1. The van der Waals surface area contributed by atoms with Crippen molar-refractivity contribution < 1.29 is 12.8 Å². The molecule has 1 heterocycles. The summed E-state index contributed by atoms with van der Waals surface area (Å²) in [6.45, 7) is 9.46. The number of benzene rings is 2. The van der Waals surface area contributed by atoms with Gasteiger partial charge in [-0.25, -0.2) is 17.1 Å². The van der Waals surface area contributed by atoms with Gasteiger partial charge in [0.25, 0.3) is 0 Å². The summed E-state index contributed by atoms with van der Waals surface area (Å²) in [4.78, 5) is 0. The third-order valence-electron chi connectivity index (χ3n) is 4.79. The number of halogens is 2. The summed E-state index contributed by atoms with van der Waals surface area (Å²) in [5.41, 5.74) is 3.88. The van der Waals surface area contributed by atoms with E-state index in [4.69, 9.17) is 16.9 Å². The Morgan fingerprint density at radius 3 is 2.30 bits per heavy atom. The van der Waals surface area contributed by atoms with Crippen LogP contribution in [0.25, 0.3) is 0 Å². The van der Waals surface area contributed by atoms with Gasteiger partial charge < -0.3 is 0 Å². The molecule has 2 aromatic carbocycles. The van der Waals surface area contributed by atoms with Crippen LogP contribution in [0.5, 0.6) is 0 Å². The highest BCUT2D eigenvalue weighted by atomic mass is 35.5. The van der Waals surface area contributed by atoms with E-state index in [2.05, 4.69) is 6.92 Å². The quantitative estimate of drug-likeness (QED) is 0.604. The fraction of sp³-hybridized carbons (Fsp3) is 0.435. The smallest absolute Gasteiger partial charge is 0.211 e. The number of hydrogen-bond acceptors (Lipinski definition) is 3. The minimum atomic E-state index is -2.90. The molecule has 0 aliphatic carbocycles. The molecule has 164 valence electrons. The highest BCUT2D eigenvalue weighted by molar-refractivity contribution is 7.88. The van der Waals surface area contributed by atoms with E-state index in [9.17, 15) is 12.8 Å². The van der Waals surface area contributed by atoms with Crippen LogP contribution in [-0.2, 0) is 16.4 Å². The van der Waals surface area contributed by atoms with E-state index < -0.39 is 10.0 Å². The molecular weight excluding hydrogens is 423 g/mol. The van der Waals surface area contributed by atoms with Crippen LogP contribution in [0.1, 0.15) is 42.5 Å². The van der Waals surface area contributed by atoms with Crippen LogP contribution in [-0.4, -0.2) is 32.1 Å². The molecule has 4 nitrogen and oxygen atoms in total. The maximum Gasteiger partial charge on any atom is 0.211 e. The molecule has 0 spiro atoms. The van der Waals surface area contributed by atoms with Gasteiger partial charge in [0.15, 0.2) is 0 Å². The third kappa shape index (κ3) is 8.83. The predicted molar refractivity (Wildman–Crippen MR) is 122 cm³/mol. The lowest BCUT2D eigenvalue weighted by Crippen LogP contribution is -2.27. The Bertz CT molecular complexity index is 978. The van der Waals surface area contributed by atoms with Crippen molar-refractivity contribution in [2.24, 2.45) is 5.92 Å². The molecule has 2 aromatic rings. The van der Waals surface area contributed by atoms with E-state index in [1.165, 1.54) is 22.2 Å². The Labute approximate surface area is 185 Å². The van der Waals surface area contributed by atoms with Crippen LogP contribution in [0.4, 0.5) is 4.39 Å². The summed E-state index contributed by atoms with van der Waals surface area (Å²) in [6, 6.07) is 12.3. The Kier molecular flexibility index (Phi) is 10.5. The molecule has 1 fully saturated rings. The van der Waals surface area contributed by atoms with Crippen LogP contribution in [0, 0.1) is 36.9 Å². The first kappa shape index (κ1) is 26.1. The Morgan fingerprint density at radius 2 is 1.90 bits per heavy atom. The summed E-state index contributed by atoms with van der Waals surface area (Å²) in [5, 5.41) is 9.00. The van der Waals surface area contributed by atoms with Crippen molar-refractivity contribution in [3.8, 4) is 6.07 Å². The zero-order chi connectivity index (χ0) is 22.9. The molecule has 0 amide bonds. The molecule has 1 atom stereocenters. The Hall–Kier alpha value is -1.94. The lowest BCUT2D eigenvalue weighted by molar-refractivity contribution is 0.469.